The summed E-state index contributed by atoms with van der Waals surface area (Å²) in [5.74, 6) is -0.249. The Bertz CT molecular complexity index is 596. The van der Waals surface area contributed by atoms with Gasteiger partial charge in [0.15, 0.2) is 0 Å². The van der Waals surface area contributed by atoms with E-state index in [0.29, 0.717) is 17.8 Å². The highest BCUT2D eigenvalue weighted by molar-refractivity contribution is 5.96. The van der Waals surface area contributed by atoms with Gasteiger partial charge in [0.25, 0.3) is 5.91 Å². The molecule has 2 rings (SSSR count). The number of unbranched alkanes of at least 4 members (excludes halogenated alkanes) is 1. The van der Waals surface area contributed by atoms with E-state index in [9.17, 15) is 9.59 Å². The van der Waals surface area contributed by atoms with Crippen LogP contribution in [0.25, 0.3) is 0 Å². The van der Waals surface area contributed by atoms with Gasteiger partial charge in [-0.25, -0.2) is 0 Å². The number of rotatable bonds is 11. The van der Waals surface area contributed by atoms with Crippen molar-refractivity contribution in [3.63, 3.8) is 0 Å². The molecule has 8 heteroatoms. The number of nitrogens with one attached hydrogen (secondary N) is 4. The van der Waals surface area contributed by atoms with E-state index in [0.717, 1.165) is 38.5 Å². The summed E-state index contributed by atoms with van der Waals surface area (Å²) in [4.78, 5) is 23.3. The van der Waals surface area contributed by atoms with E-state index in [1.54, 1.807) is 24.3 Å². The van der Waals surface area contributed by atoms with Gasteiger partial charge in [-0.15, -0.1) is 24.8 Å². The van der Waals surface area contributed by atoms with Crippen molar-refractivity contribution in [3.8, 4) is 0 Å². The van der Waals surface area contributed by atoms with Crippen molar-refractivity contribution in [2.24, 2.45) is 0 Å². The average molecular weight is 447 g/mol. The van der Waals surface area contributed by atoms with Crippen LogP contribution in [0.1, 0.15) is 62.2 Å². The van der Waals surface area contributed by atoms with E-state index in [-0.39, 0.29) is 36.6 Å². The molecule has 0 aromatic heterocycles. The van der Waals surface area contributed by atoms with Gasteiger partial charge in [-0.05, 0) is 50.4 Å². The Morgan fingerprint density at radius 2 is 1.69 bits per heavy atom. The second-order valence-electron chi connectivity index (χ2n) is 7.26. The molecule has 0 heterocycles. The summed E-state index contributed by atoms with van der Waals surface area (Å²) in [5, 5.41) is 12.7. The number of amides is 2. The second-order valence-corrected chi connectivity index (χ2v) is 7.26. The molecule has 1 saturated carbocycles. The van der Waals surface area contributed by atoms with E-state index < -0.39 is 0 Å². The third-order valence-corrected chi connectivity index (χ3v) is 4.85. The lowest BCUT2D eigenvalue weighted by atomic mass is 9.95. The summed E-state index contributed by atoms with van der Waals surface area (Å²) >= 11 is 0. The lowest BCUT2D eigenvalue weighted by Crippen LogP contribution is -2.36. The highest BCUT2D eigenvalue weighted by Crippen LogP contribution is 2.16. The van der Waals surface area contributed by atoms with Crippen LogP contribution in [0.4, 0.5) is 5.69 Å². The first-order chi connectivity index (χ1) is 13.1. The molecule has 0 unspecified atom stereocenters. The predicted molar refractivity (Wildman–Crippen MR) is 125 cm³/mol. The topological polar surface area (TPSA) is 82.3 Å². The quantitative estimate of drug-likeness (QED) is 0.392. The minimum Gasteiger partial charge on any atom is -0.352 e. The average Bonchev–Trinajstić information content (AvgIpc) is 2.67. The van der Waals surface area contributed by atoms with Crippen molar-refractivity contribution in [2.75, 3.05) is 31.5 Å². The van der Waals surface area contributed by atoms with Crippen LogP contribution in [0, 0.1) is 0 Å². The number of benzene rings is 1. The van der Waals surface area contributed by atoms with Crippen LogP contribution in [-0.2, 0) is 4.79 Å². The predicted octanol–water partition coefficient (Wildman–Crippen LogP) is 3.51. The zero-order chi connectivity index (χ0) is 19.3. The summed E-state index contributed by atoms with van der Waals surface area (Å²) < 4.78 is 0. The largest absolute Gasteiger partial charge is 0.352 e. The molecule has 1 aliphatic rings. The second kappa shape index (κ2) is 16.5. The Labute approximate surface area is 187 Å². The third-order valence-electron chi connectivity index (χ3n) is 4.85. The Morgan fingerprint density at radius 1 is 0.966 bits per heavy atom. The molecule has 1 fully saturated rings. The standard InChI is InChI=1S/C21H34N4O2.2ClH/c1-17(26)25-20-11-7-8-18(16-20)21(27)24-13-6-5-12-22-14-15-23-19-9-3-2-4-10-19;;/h7-8,11,16,19,22-23H,2-6,9-10,12-15H2,1H3,(H,24,27)(H,25,26);2*1H. The molecular weight excluding hydrogens is 411 g/mol. The maximum Gasteiger partial charge on any atom is 0.251 e. The van der Waals surface area contributed by atoms with Gasteiger partial charge in [-0.3, -0.25) is 9.59 Å². The zero-order valence-corrected chi connectivity index (χ0v) is 18.9. The minimum absolute atomic E-state index is 0. The van der Waals surface area contributed by atoms with Crippen LogP contribution in [0.5, 0.6) is 0 Å². The number of anilines is 1. The summed E-state index contributed by atoms with van der Waals surface area (Å²) in [5.41, 5.74) is 1.20. The molecule has 1 aromatic carbocycles. The number of hydrogen-bond donors (Lipinski definition) is 4. The molecule has 166 valence electrons. The van der Waals surface area contributed by atoms with E-state index in [1.165, 1.54) is 39.0 Å². The van der Waals surface area contributed by atoms with E-state index >= 15 is 0 Å². The first kappa shape index (κ1) is 27.7. The number of carbonyl (C=O) groups excluding carboxylic acids is 2. The number of halogens is 2. The minimum atomic E-state index is -0.144. The first-order valence-corrected chi connectivity index (χ1v) is 10.2. The fourth-order valence-corrected chi connectivity index (χ4v) is 3.42. The van der Waals surface area contributed by atoms with Gasteiger partial charge in [-0.1, -0.05) is 25.3 Å². The molecule has 4 N–H and O–H groups in total. The third kappa shape index (κ3) is 12.1. The van der Waals surface area contributed by atoms with Gasteiger partial charge in [0.05, 0.1) is 0 Å². The van der Waals surface area contributed by atoms with Crippen molar-refractivity contribution in [1.82, 2.24) is 16.0 Å². The molecular formula is C21H36Cl2N4O2. The fraction of sp³-hybridized carbons (Fsp3) is 0.619. The Hall–Kier alpha value is -1.34. The molecule has 0 saturated heterocycles. The van der Waals surface area contributed by atoms with Crippen LogP contribution in [0.15, 0.2) is 24.3 Å². The van der Waals surface area contributed by atoms with E-state index in [2.05, 4.69) is 21.3 Å². The number of carbonyl (C=O) groups is 2. The maximum absolute atomic E-state index is 12.2. The molecule has 0 bridgehead atoms. The highest BCUT2D eigenvalue weighted by Gasteiger charge is 2.11. The summed E-state index contributed by atoms with van der Waals surface area (Å²) in [7, 11) is 0. The van der Waals surface area contributed by atoms with Gasteiger partial charge in [0, 0.05) is 43.9 Å². The van der Waals surface area contributed by atoms with Crippen LogP contribution < -0.4 is 21.3 Å². The molecule has 0 aliphatic heterocycles. The van der Waals surface area contributed by atoms with E-state index in [1.807, 2.05) is 0 Å². The molecule has 2 amide bonds. The normalized spacial score (nSPS) is 13.7. The molecule has 0 spiro atoms. The lowest BCUT2D eigenvalue weighted by Gasteiger charge is -2.22. The molecule has 6 nitrogen and oxygen atoms in total. The van der Waals surface area contributed by atoms with Crippen LogP contribution in [-0.4, -0.2) is 44.0 Å². The summed E-state index contributed by atoms with van der Waals surface area (Å²) in [6.45, 7) is 5.11. The highest BCUT2D eigenvalue weighted by atomic mass is 35.5. The van der Waals surface area contributed by atoms with Crippen LogP contribution >= 0.6 is 24.8 Å². The van der Waals surface area contributed by atoms with Crippen molar-refractivity contribution in [1.29, 1.82) is 0 Å². The van der Waals surface area contributed by atoms with Gasteiger partial charge in [-0.2, -0.15) is 0 Å². The Kier molecular flexibility index (Phi) is 15.7. The van der Waals surface area contributed by atoms with Gasteiger partial charge in [0.2, 0.25) is 5.91 Å². The van der Waals surface area contributed by atoms with Crippen molar-refractivity contribution >= 4 is 42.3 Å². The summed E-state index contributed by atoms with van der Waals surface area (Å²) in [6, 6.07) is 7.71. The monoisotopic (exact) mass is 446 g/mol. The molecule has 0 radical (unpaired) electrons. The summed E-state index contributed by atoms with van der Waals surface area (Å²) in [6.07, 6.45) is 8.77. The fourth-order valence-electron chi connectivity index (χ4n) is 3.42. The van der Waals surface area contributed by atoms with Gasteiger partial charge < -0.3 is 21.3 Å². The molecule has 1 aliphatic carbocycles. The maximum atomic E-state index is 12.2. The molecule has 29 heavy (non-hydrogen) atoms. The van der Waals surface area contributed by atoms with Crippen molar-refractivity contribution in [3.05, 3.63) is 29.8 Å². The Balaban J connectivity index is 0.00000392. The zero-order valence-electron chi connectivity index (χ0n) is 17.3. The van der Waals surface area contributed by atoms with Crippen molar-refractivity contribution < 1.29 is 9.59 Å². The SMILES string of the molecule is CC(=O)Nc1cccc(C(=O)NCCCCNCCNC2CCCCC2)c1.Cl.Cl. The van der Waals surface area contributed by atoms with Gasteiger partial charge >= 0.3 is 0 Å². The number of hydrogen-bond acceptors (Lipinski definition) is 4. The van der Waals surface area contributed by atoms with Gasteiger partial charge in [0.1, 0.15) is 0 Å². The lowest BCUT2D eigenvalue weighted by molar-refractivity contribution is -0.114. The molecule has 0 atom stereocenters. The van der Waals surface area contributed by atoms with Crippen LogP contribution in [0.3, 0.4) is 0 Å². The van der Waals surface area contributed by atoms with Crippen molar-refractivity contribution in [2.45, 2.75) is 57.9 Å². The van der Waals surface area contributed by atoms with E-state index in [4.69, 9.17) is 0 Å². The first-order valence-electron chi connectivity index (χ1n) is 10.2. The van der Waals surface area contributed by atoms with Crippen LogP contribution in [0.2, 0.25) is 0 Å². The molecule has 1 aromatic rings. The Morgan fingerprint density at radius 3 is 2.41 bits per heavy atom. The smallest absolute Gasteiger partial charge is 0.251 e.